The van der Waals surface area contributed by atoms with Gasteiger partial charge in [0, 0.05) is 41.4 Å². The standard InChI is InChI=1S/C24H19ClFN3O2/c1-31-22-9-7-20(29-23(22)15-2-5-19(26)6-3-15)10-11-27-24(30)16-4-8-21-17(12-16)13-18(25)14-28-21/h2-9,12-14H,10-11H2,1H3,(H,27,30). The molecule has 0 spiro atoms. The normalized spacial score (nSPS) is 10.8. The second kappa shape index (κ2) is 9.10. The Morgan fingerprint density at radius 1 is 1.10 bits per heavy atom. The summed E-state index contributed by atoms with van der Waals surface area (Å²) in [4.78, 5) is 21.4. The van der Waals surface area contributed by atoms with Crippen molar-refractivity contribution in [3.63, 3.8) is 0 Å². The van der Waals surface area contributed by atoms with Crippen LogP contribution in [0.4, 0.5) is 4.39 Å². The molecule has 0 fully saturated rings. The highest BCUT2D eigenvalue weighted by atomic mass is 35.5. The lowest BCUT2D eigenvalue weighted by molar-refractivity contribution is 0.0954. The first kappa shape index (κ1) is 20.8. The highest BCUT2D eigenvalue weighted by Crippen LogP contribution is 2.28. The van der Waals surface area contributed by atoms with E-state index in [0.717, 1.165) is 22.2 Å². The van der Waals surface area contributed by atoms with Crippen molar-refractivity contribution in [3.8, 4) is 17.0 Å². The summed E-state index contributed by atoms with van der Waals surface area (Å²) in [5, 5.41) is 4.24. The van der Waals surface area contributed by atoms with E-state index < -0.39 is 0 Å². The average molecular weight is 436 g/mol. The Balaban J connectivity index is 1.45. The van der Waals surface area contributed by atoms with Crippen LogP contribution >= 0.6 is 11.6 Å². The molecule has 1 amide bonds. The molecule has 7 heteroatoms. The molecule has 4 rings (SSSR count). The minimum absolute atomic E-state index is 0.186. The van der Waals surface area contributed by atoms with E-state index >= 15 is 0 Å². The van der Waals surface area contributed by atoms with Crippen molar-refractivity contribution in [2.45, 2.75) is 6.42 Å². The summed E-state index contributed by atoms with van der Waals surface area (Å²) in [5.74, 6) is 0.102. The van der Waals surface area contributed by atoms with Crippen molar-refractivity contribution >= 4 is 28.4 Å². The quantitative estimate of drug-likeness (QED) is 0.459. The zero-order valence-corrected chi connectivity index (χ0v) is 17.5. The fourth-order valence-corrected chi connectivity index (χ4v) is 3.42. The molecule has 0 saturated heterocycles. The molecule has 1 N–H and O–H groups in total. The Morgan fingerprint density at radius 2 is 1.90 bits per heavy atom. The summed E-state index contributed by atoms with van der Waals surface area (Å²) >= 11 is 5.99. The minimum atomic E-state index is -0.312. The van der Waals surface area contributed by atoms with Gasteiger partial charge in [-0.05, 0) is 60.7 Å². The van der Waals surface area contributed by atoms with Crippen molar-refractivity contribution in [3.05, 3.63) is 89.0 Å². The van der Waals surface area contributed by atoms with Crippen LogP contribution in [0.1, 0.15) is 16.1 Å². The summed E-state index contributed by atoms with van der Waals surface area (Å²) in [5.41, 5.74) is 3.48. The van der Waals surface area contributed by atoms with Gasteiger partial charge in [-0.1, -0.05) is 11.6 Å². The Kier molecular flexibility index (Phi) is 6.09. The van der Waals surface area contributed by atoms with Crippen molar-refractivity contribution in [2.24, 2.45) is 0 Å². The van der Waals surface area contributed by atoms with E-state index in [1.54, 1.807) is 49.7 Å². The third-order valence-corrected chi connectivity index (χ3v) is 5.04. The van der Waals surface area contributed by atoms with Crippen LogP contribution in [0.15, 0.2) is 66.9 Å². The molecule has 0 atom stereocenters. The molecule has 5 nitrogen and oxygen atoms in total. The smallest absolute Gasteiger partial charge is 0.251 e. The molecule has 0 aliphatic rings. The zero-order valence-electron chi connectivity index (χ0n) is 16.7. The van der Waals surface area contributed by atoms with E-state index in [1.807, 2.05) is 12.1 Å². The van der Waals surface area contributed by atoms with Gasteiger partial charge in [-0.3, -0.25) is 9.78 Å². The summed E-state index contributed by atoms with van der Waals surface area (Å²) in [6, 6.07) is 16.8. The number of methoxy groups -OCH3 is 1. The predicted molar refractivity (Wildman–Crippen MR) is 119 cm³/mol. The van der Waals surface area contributed by atoms with Gasteiger partial charge in [0.05, 0.1) is 17.6 Å². The maximum atomic E-state index is 13.3. The van der Waals surface area contributed by atoms with Crippen LogP contribution in [0.3, 0.4) is 0 Å². The van der Waals surface area contributed by atoms with E-state index in [1.165, 1.54) is 12.1 Å². The largest absolute Gasteiger partial charge is 0.494 e. The van der Waals surface area contributed by atoms with Crippen molar-refractivity contribution in [1.82, 2.24) is 15.3 Å². The van der Waals surface area contributed by atoms with E-state index in [-0.39, 0.29) is 11.7 Å². The number of hydrogen-bond acceptors (Lipinski definition) is 4. The number of hydrogen-bond donors (Lipinski definition) is 1. The maximum absolute atomic E-state index is 13.3. The third kappa shape index (κ3) is 4.81. The van der Waals surface area contributed by atoms with Gasteiger partial charge < -0.3 is 10.1 Å². The number of fused-ring (bicyclic) bond motifs is 1. The van der Waals surface area contributed by atoms with Gasteiger partial charge in [-0.25, -0.2) is 9.37 Å². The predicted octanol–water partition coefficient (Wildman–Crippen LogP) is 5.07. The SMILES string of the molecule is COc1ccc(CCNC(=O)c2ccc3ncc(Cl)cc3c2)nc1-c1ccc(F)cc1. The second-order valence-corrected chi connectivity index (χ2v) is 7.36. The number of carbonyl (C=O) groups excluding carboxylic acids is 1. The summed E-state index contributed by atoms with van der Waals surface area (Å²) in [6.07, 6.45) is 2.11. The fourth-order valence-electron chi connectivity index (χ4n) is 3.26. The molecule has 31 heavy (non-hydrogen) atoms. The molecule has 0 aliphatic heterocycles. The van der Waals surface area contributed by atoms with Gasteiger partial charge in [0.1, 0.15) is 17.3 Å². The van der Waals surface area contributed by atoms with Gasteiger partial charge in [0.25, 0.3) is 5.91 Å². The monoisotopic (exact) mass is 435 g/mol. The first-order valence-corrected chi connectivity index (χ1v) is 10.0. The molecule has 0 radical (unpaired) electrons. The van der Waals surface area contributed by atoms with Gasteiger partial charge in [-0.15, -0.1) is 0 Å². The number of halogens is 2. The number of amides is 1. The van der Waals surface area contributed by atoms with E-state index in [2.05, 4.69) is 15.3 Å². The van der Waals surface area contributed by atoms with Crippen LogP contribution in [0.25, 0.3) is 22.2 Å². The number of pyridine rings is 2. The Bertz CT molecular complexity index is 1250. The van der Waals surface area contributed by atoms with E-state index in [4.69, 9.17) is 16.3 Å². The summed E-state index contributed by atoms with van der Waals surface area (Å²) in [6.45, 7) is 0.410. The van der Waals surface area contributed by atoms with Gasteiger partial charge in [0.15, 0.2) is 0 Å². The summed E-state index contributed by atoms with van der Waals surface area (Å²) in [7, 11) is 1.57. The van der Waals surface area contributed by atoms with E-state index in [9.17, 15) is 9.18 Å². The average Bonchev–Trinajstić information content (AvgIpc) is 2.79. The second-order valence-electron chi connectivity index (χ2n) is 6.93. The molecule has 2 aromatic heterocycles. The summed E-state index contributed by atoms with van der Waals surface area (Å²) < 4.78 is 18.6. The first-order valence-electron chi connectivity index (χ1n) is 9.67. The molecular formula is C24H19ClFN3O2. The third-order valence-electron chi connectivity index (χ3n) is 4.83. The van der Waals surface area contributed by atoms with Crippen molar-refractivity contribution < 1.29 is 13.9 Å². The molecule has 2 aromatic carbocycles. The molecule has 0 saturated carbocycles. The van der Waals surface area contributed by atoms with Gasteiger partial charge in [0.2, 0.25) is 0 Å². The highest BCUT2D eigenvalue weighted by molar-refractivity contribution is 6.31. The number of rotatable bonds is 6. The number of nitrogens with one attached hydrogen (secondary N) is 1. The lowest BCUT2D eigenvalue weighted by atomic mass is 10.1. The topological polar surface area (TPSA) is 64.1 Å². The van der Waals surface area contributed by atoms with Crippen LogP contribution in [-0.4, -0.2) is 29.5 Å². The Labute approximate surface area is 183 Å². The van der Waals surface area contributed by atoms with Crippen LogP contribution in [0, 0.1) is 5.82 Å². The number of ether oxygens (including phenoxy) is 1. The van der Waals surface area contributed by atoms with Crippen molar-refractivity contribution in [2.75, 3.05) is 13.7 Å². The zero-order chi connectivity index (χ0) is 21.8. The molecule has 2 heterocycles. The Hall–Kier alpha value is -3.51. The highest BCUT2D eigenvalue weighted by Gasteiger charge is 2.11. The Morgan fingerprint density at radius 3 is 2.68 bits per heavy atom. The van der Waals surface area contributed by atoms with Crippen LogP contribution in [-0.2, 0) is 6.42 Å². The fraction of sp³-hybridized carbons (Fsp3) is 0.125. The number of carbonyl (C=O) groups is 1. The van der Waals surface area contributed by atoms with Gasteiger partial charge in [-0.2, -0.15) is 0 Å². The van der Waals surface area contributed by atoms with Gasteiger partial charge >= 0.3 is 0 Å². The lowest BCUT2D eigenvalue weighted by Crippen LogP contribution is -2.25. The molecule has 0 aliphatic carbocycles. The molecule has 0 unspecified atom stereocenters. The maximum Gasteiger partial charge on any atom is 0.251 e. The number of nitrogens with zero attached hydrogens (tertiary/aromatic N) is 2. The molecule has 0 bridgehead atoms. The van der Waals surface area contributed by atoms with Crippen LogP contribution in [0.2, 0.25) is 5.02 Å². The van der Waals surface area contributed by atoms with Crippen LogP contribution in [0.5, 0.6) is 5.75 Å². The van der Waals surface area contributed by atoms with E-state index in [0.29, 0.717) is 35.0 Å². The number of benzene rings is 2. The lowest BCUT2D eigenvalue weighted by Gasteiger charge is -2.11. The molecular weight excluding hydrogens is 417 g/mol. The molecule has 156 valence electrons. The molecule has 4 aromatic rings. The van der Waals surface area contributed by atoms with Crippen LogP contribution < -0.4 is 10.1 Å². The minimum Gasteiger partial charge on any atom is -0.494 e. The number of aromatic nitrogens is 2. The first-order chi connectivity index (χ1) is 15.0. The van der Waals surface area contributed by atoms with Crippen molar-refractivity contribution in [1.29, 1.82) is 0 Å².